The van der Waals surface area contributed by atoms with E-state index in [1.54, 1.807) is 6.92 Å². The van der Waals surface area contributed by atoms with Crippen LogP contribution in [-0.4, -0.2) is 24.0 Å². The molecule has 0 unspecified atom stereocenters. The van der Waals surface area contributed by atoms with Crippen molar-refractivity contribution in [3.63, 3.8) is 0 Å². The van der Waals surface area contributed by atoms with Crippen molar-refractivity contribution in [1.29, 1.82) is 0 Å². The number of aromatic nitrogens is 1. The first-order valence-electron chi connectivity index (χ1n) is 6.82. The molecule has 1 aromatic heterocycles. The van der Waals surface area contributed by atoms with E-state index in [9.17, 15) is 9.59 Å². The normalized spacial score (nSPS) is 10.4. The predicted molar refractivity (Wildman–Crippen MR) is 86.4 cm³/mol. The number of rotatable bonds is 4. The molecule has 1 amide bonds. The number of methoxy groups -OCH3 is 1. The maximum Gasteiger partial charge on any atom is 0.350 e. The summed E-state index contributed by atoms with van der Waals surface area (Å²) >= 11 is 1.12. The Labute approximate surface area is 133 Å². The second-order valence-corrected chi connectivity index (χ2v) is 6.07. The van der Waals surface area contributed by atoms with Gasteiger partial charge in [-0.25, -0.2) is 9.78 Å². The molecule has 6 heteroatoms. The van der Waals surface area contributed by atoms with E-state index in [-0.39, 0.29) is 12.3 Å². The molecule has 0 spiro atoms. The minimum Gasteiger partial charge on any atom is -0.465 e. The first-order valence-corrected chi connectivity index (χ1v) is 7.64. The highest BCUT2D eigenvalue weighted by molar-refractivity contribution is 7.17. The monoisotopic (exact) mass is 318 g/mol. The summed E-state index contributed by atoms with van der Waals surface area (Å²) in [4.78, 5) is 28.2. The van der Waals surface area contributed by atoms with Crippen LogP contribution < -0.4 is 5.32 Å². The molecule has 22 heavy (non-hydrogen) atoms. The molecule has 116 valence electrons. The Morgan fingerprint density at radius 1 is 1.23 bits per heavy atom. The fourth-order valence-electron chi connectivity index (χ4n) is 1.99. The maximum atomic E-state index is 12.1. The van der Waals surface area contributed by atoms with Crippen LogP contribution in [0.3, 0.4) is 0 Å². The van der Waals surface area contributed by atoms with E-state index in [1.807, 2.05) is 32.0 Å². The van der Waals surface area contributed by atoms with Crippen molar-refractivity contribution < 1.29 is 14.3 Å². The molecule has 0 fully saturated rings. The van der Waals surface area contributed by atoms with Crippen LogP contribution in [0.2, 0.25) is 0 Å². The fourth-order valence-corrected chi connectivity index (χ4v) is 2.90. The molecule has 0 bridgehead atoms. The zero-order valence-corrected chi connectivity index (χ0v) is 13.8. The summed E-state index contributed by atoms with van der Waals surface area (Å²) in [5.74, 6) is -0.599. The topological polar surface area (TPSA) is 68.3 Å². The molecule has 0 aliphatic rings. The van der Waals surface area contributed by atoms with Crippen LogP contribution in [0.15, 0.2) is 18.2 Å². The molecule has 0 saturated carbocycles. The summed E-state index contributed by atoms with van der Waals surface area (Å²) < 4.78 is 4.67. The number of esters is 1. The van der Waals surface area contributed by atoms with Gasteiger partial charge >= 0.3 is 5.97 Å². The molecule has 1 heterocycles. The highest BCUT2D eigenvalue weighted by Crippen LogP contribution is 2.23. The zero-order valence-electron chi connectivity index (χ0n) is 13.0. The molecule has 0 atom stereocenters. The summed E-state index contributed by atoms with van der Waals surface area (Å²) in [5.41, 5.74) is 3.85. The van der Waals surface area contributed by atoms with Crippen molar-refractivity contribution in [2.75, 3.05) is 12.4 Å². The lowest BCUT2D eigenvalue weighted by atomic mass is 10.0. The van der Waals surface area contributed by atoms with E-state index in [4.69, 9.17) is 0 Å². The van der Waals surface area contributed by atoms with Crippen LogP contribution in [-0.2, 0) is 16.0 Å². The van der Waals surface area contributed by atoms with E-state index >= 15 is 0 Å². The Bertz CT molecular complexity index is 722. The van der Waals surface area contributed by atoms with E-state index in [1.165, 1.54) is 12.7 Å². The molecular weight excluding hydrogens is 300 g/mol. The van der Waals surface area contributed by atoms with Gasteiger partial charge in [0.25, 0.3) is 0 Å². The number of carbonyl (C=O) groups is 2. The number of nitrogens with zero attached hydrogens (tertiary/aromatic N) is 1. The van der Waals surface area contributed by atoms with Gasteiger partial charge in [0.1, 0.15) is 4.88 Å². The second-order valence-electron chi connectivity index (χ2n) is 5.07. The van der Waals surface area contributed by atoms with E-state index in [0.717, 1.165) is 22.5 Å². The van der Waals surface area contributed by atoms with Gasteiger partial charge in [0.2, 0.25) is 5.91 Å². The number of amides is 1. The summed E-state index contributed by atoms with van der Waals surface area (Å²) in [6.45, 7) is 5.76. The first kappa shape index (κ1) is 16.2. The van der Waals surface area contributed by atoms with Crippen molar-refractivity contribution in [3.05, 3.63) is 45.5 Å². The molecule has 2 rings (SSSR count). The van der Waals surface area contributed by atoms with Gasteiger partial charge in [0, 0.05) is 0 Å². The third kappa shape index (κ3) is 3.71. The Hall–Kier alpha value is -2.21. The standard InChI is InChI=1S/C16H18N2O3S/c1-9-5-6-12(7-10(9)2)8-13(19)18-16-17-11(3)14(22-16)15(20)21-4/h5-7H,8H2,1-4H3,(H,17,18,19). The average molecular weight is 318 g/mol. The van der Waals surface area contributed by atoms with Gasteiger partial charge in [0.05, 0.1) is 19.2 Å². The van der Waals surface area contributed by atoms with Crippen LogP contribution in [0.1, 0.15) is 32.1 Å². The van der Waals surface area contributed by atoms with Crippen molar-refractivity contribution >= 4 is 28.3 Å². The van der Waals surface area contributed by atoms with Crippen molar-refractivity contribution in [1.82, 2.24) is 4.98 Å². The van der Waals surface area contributed by atoms with E-state index in [0.29, 0.717) is 15.7 Å². The Balaban J connectivity index is 2.06. The highest BCUT2D eigenvalue weighted by atomic mass is 32.1. The van der Waals surface area contributed by atoms with E-state index < -0.39 is 5.97 Å². The average Bonchev–Trinajstić information content (AvgIpc) is 2.82. The summed E-state index contributed by atoms with van der Waals surface area (Å²) in [5, 5.41) is 3.13. The number of hydrogen-bond donors (Lipinski definition) is 1. The second kappa shape index (κ2) is 6.70. The van der Waals surface area contributed by atoms with Crippen molar-refractivity contribution in [2.45, 2.75) is 27.2 Å². The van der Waals surface area contributed by atoms with Gasteiger partial charge in [-0.05, 0) is 37.5 Å². The number of carbonyl (C=O) groups excluding carboxylic acids is 2. The lowest BCUT2D eigenvalue weighted by Crippen LogP contribution is -2.14. The molecule has 1 N–H and O–H groups in total. The first-order chi connectivity index (χ1) is 10.4. The van der Waals surface area contributed by atoms with Gasteiger partial charge in [0.15, 0.2) is 5.13 Å². The van der Waals surface area contributed by atoms with Crippen LogP contribution in [0.25, 0.3) is 0 Å². The Kier molecular flexibility index (Phi) is 4.92. The third-order valence-corrected chi connectivity index (χ3v) is 4.40. The van der Waals surface area contributed by atoms with Gasteiger partial charge in [-0.1, -0.05) is 29.5 Å². The van der Waals surface area contributed by atoms with Crippen molar-refractivity contribution in [3.8, 4) is 0 Å². The minimum absolute atomic E-state index is 0.159. The van der Waals surface area contributed by atoms with Gasteiger partial charge < -0.3 is 10.1 Å². The van der Waals surface area contributed by atoms with Gasteiger partial charge in [-0.2, -0.15) is 0 Å². The SMILES string of the molecule is COC(=O)c1sc(NC(=O)Cc2ccc(C)c(C)c2)nc1C. The number of thiazole rings is 1. The molecule has 1 aromatic carbocycles. The van der Waals surface area contributed by atoms with E-state index in [2.05, 4.69) is 15.0 Å². The zero-order chi connectivity index (χ0) is 16.3. The Morgan fingerprint density at radius 3 is 2.59 bits per heavy atom. The van der Waals surface area contributed by atoms with Gasteiger partial charge in [-0.15, -0.1) is 0 Å². The maximum absolute atomic E-state index is 12.1. The smallest absolute Gasteiger partial charge is 0.350 e. The molecule has 0 radical (unpaired) electrons. The highest BCUT2D eigenvalue weighted by Gasteiger charge is 2.17. The number of hydrogen-bond acceptors (Lipinski definition) is 5. The summed E-state index contributed by atoms with van der Waals surface area (Å²) in [7, 11) is 1.32. The molecule has 5 nitrogen and oxygen atoms in total. The number of nitrogens with one attached hydrogen (secondary N) is 1. The summed E-state index contributed by atoms with van der Waals surface area (Å²) in [6.07, 6.45) is 0.271. The fraction of sp³-hybridized carbons (Fsp3) is 0.312. The van der Waals surface area contributed by atoms with Crippen LogP contribution in [0, 0.1) is 20.8 Å². The van der Waals surface area contributed by atoms with Crippen LogP contribution in [0.4, 0.5) is 5.13 Å². The molecule has 0 aliphatic heterocycles. The third-order valence-electron chi connectivity index (χ3n) is 3.35. The minimum atomic E-state index is -0.440. The number of benzene rings is 1. The van der Waals surface area contributed by atoms with Crippen LogP contribution >= 0.6 is 11.3 Å². The Morgan fingerprint density at radius 2 is 1.95 bits per heavy atom. The largest absolute Gasteiger partial charge is 0.465 e. The molecule has 0 saturated heterocycles. The van der Waals surface area contributed by atoms with Gasteiger partial charge in [-0.3, -0.25) is 4.79 Å². The van der Waals surface area contributed by atoms with Crippen LogP contribution in [0.5, 0.6) is 0 Å². The quantitative estimate of drug-likeness (QED) is 0.880. The summed E-state index contributed by atoms with van der Waals surface area (Å²) in [6, 6.07) is 5.94. The predicted octanol–water partition coefficient (Wildman–Crippen LogP) is 3.04. The molecule has 0 aliphatic carbocycles. The lowest BCUT2D eigenvalue weighted by Gasteiger charge is -2.05. The van der Waals surface area contributed by atoms with Crippen molar-refractivity contribution in [2.24, 2.45) is 0 Å². The number of ether oxygens (including phenoxy) is 1. The lowest BCUT2D eigenvalue weighted by molar-refractivity contribution is -0.115. The molecule has 2 aromatic rings. The number of aryl methyl sites for hydroxylation is 3. The molecular formula is C16H18N2O3S. The number of anilines is 1.